The van der Waals surface area contributed by atoms with Gasteiger partial charge in [0, 0.05) is 17.0 Å². The molecule has 7 nitrogen and oxygen atoms in total. The molecule has 0 saturated heterocycles. The zero-order valence-electron chi connectivity index (χ0n) is 13.5. The molecule has 0 aliphatic rings. The Morgan fingerprint density at radius 1 is 1.12 bits per heavy atom. The van der Waals surface area contributed by atoms with Crippen LogP contribution < -0.4 is 14.9 Å². The molecule has 3 aromatic rings. The molecule has 0 bridgehead atoms. The van der Waals surface area contributed by atoms with Crippen molar-refractivity contribution in [1.82, 2.24) is 9.97 Å². The topological polar surface area (TPSA) is 88.9 Å². The normalized spacial score (nSPS) is 11.0. The summed E-state index contributed by atoms with van der Waals surface area (Å²) in [7, 11) is 3.09. The van der Waals surface area contributed by atoms with Crippen LogP contribution >= 0.6 is 11.6 Å². The van der Waals surface area contributed by atoms with Crippen molar-refractivity contribution in [1.29, 1.82) is 0 Å². The minimum absolute atomic E-state index is 0.0694. The minimum atomic E-state index is 0.0694. The number of phenolic OH excluding ortho intramolecular Hbond substituents is 1. The summed E-state index contributed by atoms with van der Waals surface area (Å²) in [5.41, 5.74) is 3.97. The summed E-state index contributed by atoms with van der Waals surface area (Å²) in [6.07, 6.45) is 1.48. The average Bonchev–Trinajstić information content (AvgIpc) is 2.62. The Hall–Kier alpha value is -3.06. The van der Waals surface area contributed by atoms with Gasteiger partial charge in [0.05, 0.1) is 26.0 Å². The van der Waals surface area contributed by atoms with Gasteiger partial charge in [0.2, 0.25) is 5.28 Å². The van der Waals surface area contributed by atoms with Gasteiger partial charge in [-0.05, 0) is 29.8 Å². The Morgan fingerprint density at radius 2 is 1.84 bits per heavy atom. The first kappa shape index (κ1) is 16.8. The SMILES string of the molecule is COc1cc2nc(Cl)nc(N/N=C/c3ccccc3O)c2cc1OC. The van der Waals surface area contributed by atoms with E-state index in [9.17, 15) is 5.11 Å². The lowest BCUT2D eigenvalue weighted by molar-refractivity contribution is 0.356. The molecule has 2 N–H and O–H groups in total. The van der Waals surface area contributed by atoms with Crippen LogP contribution in [0, 0.1) is 0 Å². The number of anilines is 1. The summed E-state index contributed by atoms with van der Waals surface area (Å²) in [5.74, 6) is 1.61. The molecule has 1 aromatic heterocycles. The molecule has 0 aliphatic carbocycles. The van der Waals surface area contributed by atoms with Crippen molar-refractivity contribution in [3.63, 3.8) is 0 Å². The predicted octanol–water partition coefficient (Wildman–Crippen LogP) is 3.45. The maximum absolute atomic E-state index is 9.75. The largest absolute Gasteiger partial charge is 0.507 e. The van der Waals surface area contributed by atoms with E-state index in [0.29, 0.717) is 33.8 Å². The van der Waals surface area contributed by atoms with E-state index in [0.717, 1.165) is 0 Å². The number of aromatic nitrogens is 2. The number of aromatic hydroxyl groups is 1. The molecule has 8 heteroatoms. The molecule has 0 atom stereocenters. The third kappa shape index (κ3) is 3.56. The second kappa shape index (κ2) is 7.23. The summed E-state index contributed by atoms with van der Waals surface area (Å²) in [5, 5.41) is 14.6. The van der Waals surface area contributed by atoms with Crippen LogP contribution in [0.2, 0.25) is 5.28 Å². The molecule has 0 unspecified atom stereocenters. The second-order valence-corrected chi connectivity index (χ2v) is 5.33. The number of methoxy groups -OCH3 is 2. The maximum Gasteiger partial charge on any atom is 0.224 e. The molecule has 1 heterocycles. The summed E-state index contributed by atoms with van der Waals surface area (Å²) in [6.45, 7) is 0. The van der Waals surface area contributed by atoms with Crippen molar-refractivity contribution in [2.24, 2.45) is 5.10 Å². The van der Waals surface area contributed by atoms with Crippen LogP contribution in [0.15, 0.2) is 41.5 Å². The number of para-hydroxylation sites is 1. The van der Waals surface area contributed by atoms with Crippen molar-refractivity contribution in [2.75, 3.05) is 19.6 Å². The van der Waals surface area contributed by atoms with Crippen LogP contribution in [0.3, 0.4) is 0 Å². The molecule has 0 spiro atoms. The zero-order valence-corrected chi connectivity index (χ0v) is 14.3. The van der Waals surface area contributed by atoms with Crippen LogP contribution in [0.4, 0.5) is 5.82 Å². The Balaban J connectivity index is 1.99. The lowest BCUT2D eigenvalue weighted by Crippen LogP contribution is -1.99. The molecule has 25 heavy (non-hydrogen) atoms. The smallest absolute Gasteiger partial charge is 0.224 e. The lowest BCUT2D eigenvalue weighted by atomic mass is 10.2. The van der Waals surface area contributed by atoms with E-state index < -0.39 is 0 Å². The number of hydrogen-bond donors (Lipinski definition) is 2. The second-order valence-electron chi connectivity index (χ2n) is 4.99. The van der Waals surface area contributed by atoms with Gasteiger partial charge < -0.3 is 14.6 Å². The fraction of sp³-hybridized carbons (Fsp3) is 0.118. The Morgan fingerprint density at radius 3 is 2.56 bits per heavy atom. The first-order valence-corrected chi connectivity index (χ1v) is 7.66. The molecule has 3 rings (SSSR count). The zero-order chi connectivity index (χ0) is 17.8. The molecule has 128 valence electrons. The van der Waals surface area contributed by atoms with Gasteiger partial charge in [0.1, 0.15) is 5.75 Å². The van der Waals surface area contributed by atoms with Gasteiger partial charge in [-0.3, -0.25) is 5.43 Å². The number of fused-ring (bicyclic) bond motifs is 1. The Kier molecular flexibility index (Phi) is 4.85. The van der Waals surface area contributed by atoms with Crippen molar-refractivity contribution in [3.05, 3.63) is 47.2 Å². The molecule has 0 saturated carbocycles. The van der Waals surface area contributed by atoms with E-state index in [2.05, 4.69) is 20.5 Å². The standard InChI is InChI=1S/C17H15ClN4O3/c1-24-14-7-11-12(8-15(14)25-2)20-17(18)21-16(11)22-19-9-10-5-3-4-6-13(10)23/h3-9,23H,1-2H3,(H,20,21,22)/b19-9+. The number of benzene rings is 2. The van der Waals surface area contributed by atoms with E-state index in [1.165, 1.54) is 6.21 Å². The summed E-state index contributed by atoms with van der Waals surface area (Å²) in [6, 6.07) is 10.3. The first-order valence-electron chi connectivity index (χ1n) is 7.28. The number of hydrazone groups is 1. The highest BCUT2D eigenvalue weighted by Crippen LogP contribution is 2.34. The van der Waals surface area contributed by atoms with E-state index in [1.54, 1.807) is 50.6 Å². The third-order valence-corrected chi connectivity index (χ3v) is 3.65. The Labute approximate surface area is 148 Å². The number of hydrogen-bond acceptors (Lipinski definition) is 7. The third-order valence-electron chi connectivity index (χ3n) is 3.48. The lowest BCUT2D eigenvalue weighted by Gasteiger charge is -2.11. The van der Waals surface area contributed by atoms with Crippen LogP contribution in [-0.4, -0.2) is 35.5 Å². The van der Waals surface area contributed by atoms with Gasteiger partial charge in [-0.1, -0.05) is 12.1 Å². The number of halogens is 1. The summed E-state index contributed by atoms with van der Waals surface area (Å²) < 4.78 is 10.6. The van der Waals surface area contributed by atoms with Gasteiger partial charge in [-0.2, -0.15) is 10.1 Å². The predicted molar refractivity (Wildman–Crippen MR) is 97.0 cm³/mol. The van der Waals surface area contributed by atoms with E-state index in [-0.39, 0.29) is 11.0 Å². The van der Waals surface area contributed by atoms with Crippen molar-refractivity contribution in [2.45, 2.75) is 0 Å². The molecule has 0 aliphatic heterocycles. The maximum atomic E-state index is 9.75. The number of nitrogens with one attached hydrogen (secondary N) is 1. The van der Waals surface area contributed by atoms with Gasteiger partial charge in [0.15, 0.2) is 17.3 Å². The molecule has 0 fully saturated rings. The monoisotopic (exact) mass is 358 g/mol. The number of rotatable bonds is 5. The van der Waals surface area contributed by atoms with Gasteiger partial charge in [-0.15, -0.1) is 0 Å². The number of phenols is 1. The van der Waals surface area contributed by atoms with Gasteiger partial charge >= 0.3 is 0 Å². The Bertz CT molecular complexity index is 947. The fourth-order valence-electron chi connectivity index (χ4n) is 2.27. The van der Waals surface area contributed by atoms with Crippen molar-refractivity contribution < 1.29 is 14.6 Å². The van der Waals surface area contributed by atoms with Crippen LogP contribution in [0.5, 0.6) is 17.2 Å². The van der Waals surface area contributed by atoms with E-state index >= 15 is 0 Å². The number of ether oxygens (including phenoxy) is 2. The first-order chi connectivity index (χ1) is 12.1. The average molecular weight is 359 g/mol. The summed E-state index contributed by atoms with van der Waals surface area (Å²) >= 11 is 5.99. The van der Waals surface area contributed by atoms with Gasteiger partial charge in [-0.25, -0.2) is 4.98 Å². The molecular formula is C17H15ClN4O3. The quantitative estimate of drug-likeness (QED) is 0.412. The highest BCUT2D eigenvalue weighted by atomic mass is 35.5. The van der Waals surface area contributed by atoms with Crippen molar-refractivity contribution in [3.8, 4) is 17.2 Å². The highest BCUT2D eigenvalue weighted by molar-refractivity contribution is 6.28. The van der Waals surface area contributed by atoms with E-state index in [4.69, 9.17) is 21.1 Å². The minimum Gasteiger partial charge on any atom is -0.507 e. The molecule has 0 radical (unpaired) electrons. The molecule has 0 amide bonds. The summed E-state index contributed by atoms with van der Waals surface area (Å²) in [4.78, 5) is 8.34. The molecular weight excluding hydrogens is 344 g/mol. The van der Waals surface area contributed by atoms with Crippen LogP contribution in [0.1, 0.15) is 5.56 Å². The van der Waals surface area contributed by atoms with Crippen molar-refractivity contribution >= 4 is 34.5 Å². The van der Waals surface area contributed by atoms with Gasteiger partial charge in [0.25, 0.3) is 0 Å². The van der Waals surface area contributed by atoms with Crippen LogP contribution in [0.25, 0.3) is 10.9 Å². The highest BCUT2D eigenvalue weighted by Gasteiger charge is 2.12. The molecule has 2 aromatic carbocycles. The number of nitrogens with zero attached hydrogens (tertiary/aromatic N) is 3. The van der Waals surface area contributed by atoms with Crippen LogP contribution in [-0.2, 0) is 0 Å². The fourth-order valence-corrected chi connectivity index (χ4v) is 2.45. The van der Waals surface area contributed by atoms with E-state index in [1.807, 2.05) is 0 Å².